The Balaban J connectivity index is 1.24. The average molecular weight is 482 g/mol. The number of fused-ring (bicyclic) bond motifs is 1. The Morgan fingerprint density at radius 2 is 1.94 bits per heavy atom. The molecule has 2 N–H and O–H groups in total. The van der Waals surface area contributed by atoms with E-state index in [1.54, 1.807) is 11.9 Å². The molecule has 1 aliphatic heterocycles. The van der Waals surface area contributed by atoms with Crippen LogP contribution in [0.1, 0.15) is 38.2 Å². The van der Waals surface area contributed by atoms with Crippen LogP contribution >= 0.6 is 0 Å². The number of carbonyl (C=O) groups is 2. The van der Waals surface area contributed by atoms with Crippen LogP contribution in [0.15, 0.2) is 18.2 Å². The molecule has 0 spiro atoms. The Morgan fingerprint density at radius 1 is 1.24 bits per heavy atom. The first kappa shape index (κ1) is 24.3. The largest absolute Gasteiger partial charge is 0.466 e. The van der Waals surface area contributed by atoms with Crippen molar-refractivity contribution in [2.75, 3.05) is 38.2 Å². The van der Waals surface area contributed by atoms with Gasteiger partial charge in [-0.05, 0) is 50.8 Å². The fourth-order valence-electron chi connectivity index (χ4n) is 4.87. The van der Waals surface area contributed by atoms with Crippen molar-refractivity contribution in [1.29, 1.82) is 0 Å². The maximum atomic E-state index is 13.1. The van der Waals surface area contributed by atoms with Crippen LogP contribution in [0.3, 0.4) is 0 Å². The highest BCUT2D eigenvalue weighted by Gasteiger charge is 2.37. The minimum Gasteiger partial charge on any atom is -0.466 e. The smallest absolute Gasteiger partial charge is 0.416 e. The van der Waals surface area contributed by atoms with Gasteiger partial charge in [-0.15, -0.1) is 0 Å². The molecule has 4 rings (SSSR count). The standard InChI is InChI=1S/C23H30F3N5O3/c1-3-34-22(33)14-4-7-17(8-5-14)31-11-16(12-31)27-20(32)13-30(2)21-18-10-15(23(24,25)26)6-9-19(18)28-29-21/h6,9-10,14,16-17H,3-5,7-8,11-13H2,1-2H3,(H,27,32)(H,28,29). The van der Waals surface area contributed by atoms with Crippen LogP contribution in [-0.4, -0.2) is 72.3 Å². The lowest BCUT2D eigenvalue weighted by Gasteiger charge is -2.46. The maximum absolute atomic E-state index is 13.1. The van der Waals surface area contributed by atoms with Crippen LogP contribution in [0.4, 0.5) is 19.0 Å². The molecule has 0 unspecified atom stereocenters. The Morgan fingerprint density at radius 3 is 2.59 bits per heavy atom. The molecule has 186 valence electrons. The van der Waals surface area contributed by atoms with E-state index in [0.29, 0.717) is 29.4 Å². The molecule has 0 atom stereocenters. The summed E-state index contributed by atoms with van der Waals surface area (Å²) in [5, 5.41) is 10.1. The predicted molar refractivity (Wildman–Crippen MR) is 120 cm³/mol. The SMILES string of the molecule is CCOC(=O)C1CCC(N2CC(NC(=O)CN(C)c3n[nH]c4ccc(C(F)(F)F)cc34)C2)CC1. The van der Waals surface area contributed by atoms with Crippen LogP contribution in [0, 0.1) is 5.92 Å². The summed E-state index contributed by atoms with van der Waals surface area (Å²) in [7, 11) is 1.63. The summed E-state index contributed by atoms with van der Waals surface area (Å²) >= 11 is 0. The van der Waals surface area contributed by atoms with E-state index < -0.39 is 11.7 Å². The summed E-state index contributed by atoms with van der Waals surface area (Å²) in [6, 6.07) is 3.84. The Labute approximate surface area is 195 Å². The summed E-state index contributed by atoms with van der Waals surface area (Å²) in [5.41, 5.74) is -0.283. The number of rotatable bonds is 7. The molecule has 0 bridgehead atoms. The van der Waals surface area contributed by atoms with Crippen molar-refractivity contribution in [1.82, 2.24) is 20.4 Å². The zero-order chi connectivity index (χ0) is 24.5. The summed E-state index contributed by atoms with van der Waals surface area (Å²) in [6.07, 6.45) is -0.907. The van der Waals surface area contributed by atoms with Gasteiger partial charge in [0.1, 0.15) is 0 Å². The van der Waals surface area contributed by atoms with Gasteiger partial charge in [-0.3, -0.25) is 19.6 Å². The number of hydrogen-bond donors (Lipinski definition) is 2. The second kappa shape index (κ2) is 9.81. The number of likely N-dealkylation sites (tertiary alicyclic amines) is 1. The fourth-order valence-corrected chi connectivity index (χ4v) is 4.87. The number of nitrogens with zero attached hydrogens (tertiary/aromatic N) is 3. The van der Waals surface area contributed by atoms with Crippen molar-refractivity contribution in [2.24, 2.45) is 5.92 Å². The molecule has 1 aromatic heterocycles. The number of halogens is 3. The number of amides is 1. The van der Waals surface area contributed by atoms with Crippen LogP contribution in [-0.2, 0) is 20.5 Å². The molecular formula is C23H30F3N5O3. The number of carbonyl (C=O) groups excluding carboxylic acids is 2. The maximum Gasteiger partial charge on any atom is 0.416 e. The molecule has 2 heterocycles. The van der Waals surface area contributed by atoms with E-state index in [0.717, 1.165) is 50.9 Å². The first-order valence-corrected chi connectivity index (χ1v) is 11.6. The fraction of sp³-hybridized carbons (Fsp3) is 0.609. The molecule has 1 saturated heterocycles. The third kappa shape index (κ3) is 5.29. The van der Waals surface area contributed by atoms with E-state index in [2.05, 4.69) is 20.4 Å². The number of esters is 1. The third-order valence-electron chi connectivity index (χ3n) is 6.72. The van der Waals surface area contributed by atoms with Gasteiger partial charge in [-0.2, -0.15) is 18.3 Å². The lowest BCUT2D eigenvalue weighted by atomic mass is 9.84. The van der Waals surface area contributed by atoms with Crippen LogP contribution in [0.5, 0.6) is 0 Å². The minimum absolute atomic E-state index is 0.00570. The summed E-state index contributed by atoms with van der Waals surface area (Å²) in [5.74, 6) is -0.0156. The monoisotopic (exact) mass is 481 g/mol. The van der Waals surface area contributed by atoms with Crippen molar-refractivity contribution in [3.05, 3.63) is 23.8 Å². The zero-order valence-corrected chi connectivity index (χ0v) is 19.3. The Bertz CT molecular complexity index is 1030. The van der Waals surface area contributed by atoms with Gasteiger partial charge < -0.3 is 15.0 Å². The molecule has 1 saturated carbocycles. The molecule has 1 amide bonds. The van der Waals surface area contributed by atoms with Gasteiger partial charge in [-0.25, -0.2) is 0 Å². The first-order valence-electron chi connectivity index (χ1n) is 11.6. The quantitative estimate of drug-likeness (QED) is 0.591. The molecule has 1 aromatic carbocycles. The van der Waals surface area contributed by atoms with Crippen LogP contribution in [0.25, 0.3) is 10.9 Å². The molecule has 1 aliphatic carbocycles. The molecule has 2 aromatic rings. The van der Waals surface area contributed by atoms with Crippen molar-refractivity contribution >= 4 is 28.6 Å². The second-order valence-electron chi connectivity index (χ2n) is 9.14. The van der Waals surface area contributed by atoms with E-state index in [9.17, 15) is 22.8 Å². The molecule has 8 nitrogen and oxygen atoms in total. The number of nitrogens with one attached hydrogen (secondary N) is 2. The number of benzene rings is 1. The van der Waals surface area contributed by atoms with Crippen molar-refractivity contribution in [3.63, 3.8) is 0 Å². The average Bonchev–Trinajstić information content (AvgIpc) is 3.19. The lowest BCUT2D eigenvalue weighted by Crippen LogP contribution is -2.63. The van der Waals surface area contributed by atoms with Crippen molar-refractivity contribution in [3.8, 4) is 0 Å². The van der Waals surface area contributed by atoms with Gasteiger partial charge in [0, 0.05) is 31.6 Å². The number of anilines is 1. The van der Waals surface area contributed by atoms with Gasteiger partial charge in [0.25, 0.3) is 0 Å². The number of likely N-dealkylation sites (N-methyl/N-ethyl adjacent to an activating group) is 1. The number of aromatic amines is 1. The van der Waals surface area contributed by atoms with E-state index in [4.69, 9.17) is 4.74 Å². The first-order chi connectivity index (χ1) is 16.2. The predicted octanol–water partition coefficient (Wildman–Crippen LogP) is 2.94. The molecule has 0 radical (unpaired) electrons. The van der Waals surface area contributed by atoms with E-state index in [-0.39, 0.29) is 30.4 Å². The summed E-state index contributed by atoms with van der Waals surface area (Å²) in [6.45, 7) is 3.72. The number of hydrogen-bond acceptors (Lipinski definition) is 6. The van der Waals surface area contributed by atoms with Gasteiger partial charge in [0.2, 0.25) is 5.91 Å². The van der Waals surface area contributed by atoms with Gasteiger partial charge in [0.15, 0.2) is 5.82 Å². The van der Waals surface area contributed by atoms with E-state index in [1.807, 2.05) is 6.92 Å². The number of aromatic nitrogens is 2. The van der Waals surface area contributed by atoms with Gasteiger partial charge in [-0.1, -0.05) is 0 Å². The highest BCUT2D eigenvalue weighted by Crippen LogP contribution is 2.34. The van der Waals surface area contributed by atoms with Crippen LogP contribution in [0.2, 0.25) is 0 Å². The molecule has 34 heavy (non-hydrogen) atoms. The Hall–Kier alpha value is -2.82. The highest BCUT2D eigenvalue weighted by atomic mass is 19.4. The summed E-state index contributed by atoms with van der Waals surface area (Å²) in [4.78, 5) is 28.3. The molecule has 2 aliphatic rings. The molecule has 11 heteroatoms. The highest BCUT2D eigenvalue weighted by molar-refractivity contribution is 5.92. The van der Waals surface area contributed by atoms with Gasteiger partial charge in [0.05, 0.1) is 36.2 Å². The van der Waals surface area contributed by atoms with Crippen LogP contribution < -0.4 is 10.2 Å². The molecule has 2 fully saturated rings. The number of H-pyrrole nitrogens is 1. The number of ether oxygens (including phenoxy) is 1. The number of alkyl halides is 3. The topological polar surface area (TPSA) is 90.6 Å². The van der Waals surface area contributed by atoms with Crippen molar-refractivity contribution in [2.45, 2.75) is 50.9 Å². The van der Waals surface area contributed by atoms with Crippen molar-refractivity contribution < 1.29 is 27.5 Å². The molecular weight excluding hydrogens is 451 g/mol. The van der Waals surface area contributed by atoms with E-state index in [1.165, 1.54) is 6.07 Å². The van der Waals surface area contributed by atoms with Gasteiger partial charge >= 0.3 is 12.1 Å². The second-order valence-corrected chi connectivity index (χ2v) is 9.14. The summed E-state index contributed by atoms with van der Waals surface area (Å²) < 4.78 is 44.3. The third-order valence-corrected chi connectivity index (χ3v) is 6.72. The zero-order valence-electron chi connectivity index (χ0n) is 19.3. The normalized spacial score (nSPS) is 21.8. The Kier molecular flexibility index (Phi) is 7.01. The lowest BCUT2D eigenvalue weighted by molar-refractivity contribution is -0.149. The minimum atomic E-state index is -4.45. The van der Waals surface area contributed by atoms with E-state index >= 15 is 0 Å².